The number of carbonyl (C=O) groups is 2. The van der Waals surface area contributed by atoms with Crippen LogP contribution in [0.15, 0.2) is 18.2 Å². The lowest BCUT2D eigenvalue weighted by atomic mass is 10.2. The van der Waals surface area contributed by atoms with Gasteiger partial charge in [0.25, 0.3) is 5.69 Å². The lowest BCUT2D eigenvalue weighted by Crippen LogP contribution is -2.18. The zero-order chi connectivity index (χ0) is 18.6. The van der Waals surface area contributed by atoms with E-state index in [0.29, 0.717) is 0 Å². The van der Waals surface area contributed by atoms with Gasteiger partial charge in [-0.25, -0.2) is 9.59 Å². The second kappa shape index (κ2) is 7.71. The second-order valence-electron chi connectivity index (χ2n) is 4.53. The highest BCUT2D eigenvalue weighted by Crippen LogP contribution is 2.28. The van der Waals surface area contributed by atoms with Crippen molar-refractivity contribution in [2.24, 2.45) is 0 Å². The Morgan fingerprint density at radius 1 is 1.24 bits per heavy atom. The van der Waals surface area contributed by atoms with Crippen molar-refractivity contribution in [1.82, 2.24) is 15.0 Å². The number of halogens is 1. The Morgan fingerprint density at radius 2 is 1.88 bits per heavy atom. The van der Waals surface area contributed by atoms with E-state index in [1.54, 1.807) is 13.8 Å². The van der Waals surface area contributed by atoms with E-state index in [1.807, 2.05) is 0 Å². The fraction of sp³-hybridized carbons (Fsp3) is 0.286. The van der Waals surface area contributed by atoms with Crippen LogP contribution in [0.4, 0.5) is 5.69 Å². The molecule has 0 amide bonds. The van der Waals surface area contributed by atoms with Gasteiger partial charge in [-0.2, -0.15) is 4.68 Å². The van der Waals surface area contributed by atoms with Gasteiger partial charge in [0.2, 0.25) is 5.69 Å². The van der Waals surface area contributed by atoms with E-state index in [9.17, 15) is 19.7 Å². The number of esters is 2. The minimum absolute atomic E-state index is 0.0228. The Bertz CT molecular complexity index is 835. The number of rotatable bonds is 6. The number of nitrogens with zero attached hydrogens (tertiary/aromatic N) is 4. The lowest BCUT2D eigenvalue weighted by Gasteiger charge is -2.08. The maximum Gasteiger partial charge on any atom is 0.361 e. The van der Waals surface area contributed by atoms with Crippen LogP contribution in [0.1, 0.15) is 34.8 Å². The molecule has 0 spiro atoms. The second-order valence-corrected chi connectivity index (χ2v) is 4.97. The van der Waals surface area contributed by atoms with Gasteiger partial charge in [0, 0.05) is 11.1 Å². The predicted octanol–water partition coefficient (Wildman–Crippen LogP) is 2.18. The molecule has 0 aliphatic heterocycles. The normalized spacial score (nSPS) is 10.4. The van der Waals surface area contributed by atoms with Gasteiger partial charge >= 0.3 is 11.9 Å². The highest BCUT2D eigenvalue weighted by atomic mass is 35.5. The smallest absolute Gasteiger partial charge is 0.361 e. The fourth-order valence-corrected chi connectivity index (χ4v) is 2.16. The number of carbonyl (C=O) groups excluding carboxylic acids is 2. The van der Waals surface area contributed by atoms with Gasteiger partial charge in [0.15, 0.2) is 5.69 Å². The fourth-order valence-electron chi connectivity index (χ4n) is 1.99. The van der Waals surface area contributed by atoms with Gasteiger partial charge in [-0.3, -0.25) is 10.1 Å². The Kier molecular flexibility index (Phi) is 5.65. The molecule has 0 bridgehead atoms. The molecule has 0 saturated heterocycles. The number of nitro groups is 1. The largest absolute Gasteiger partial charge is 0.461 e. The number of hydrogen-bond acceptors (Lipinski definition) is 8. The van der Waals surface area contributed by atoms with E-state index in [1.165, 1.54) is 12.1 Å². The zero-order valence-electron chi connectivity index (χ0n) is 13.3. The summed E-state index contributed by atoms with van der Waals surface area (Å²) in [6.45, 7) is 3.22. The van der Waals surface area contributed by atoms with Gasteiger partial charge in [0.05, 0.1) is 18.1 Å². The first-order valence-electron chi connectivity index (χ1n) is 7.14. The number of ether oxygens (including phenoxy) is 2. The summed E-state index contributed by atoms with van der Waals surface area (Å²) in [5.74, 6) is -1.81. The first kappa shape index (κ1) is 18.3. The summed E-state index contributed by atoms with van der Waals surface area (Å²) in [5.41, 5.74) is -1.28. The molecule has 0 saturated carbocycles. The molecule has 2 rings (SSSR count). The van der Waals surface area contributed by atoms with Crippen LogP contribution in [0.2, 0.25) is 5.02 Å². The standard InChI is InChI=1S/C14H13ClN4O6/c1-3-24-13(20)11-12(14(21)25-4-2)18(17-16-11)9-6-5-8(15)7-10(9)19(22)23/h5-7H,3-4H2,1-2H3. The van der Waals surface area contributed by atoms with Crippen molar-refractivity contribution in [3.63, 3.8) is 0 Å². The van der Waals surface area contributed by atoms with E-state index in [2.05, 4.69) is 10.3 Å². The van der Waals surface area contributed by atoms with Crippen molar-refractivity contribution in [2.45, 2.75) is 13.8 Å². The van der Waals surface area contributed by atoms with E-state index >= 15 is 0 Å². The van der Waals surface area contributed by atoms with Crippen molar-refractivity contribution in [3.05, 3.63) is 44.7 Å². The third-order valence-electron chi connectivity index (χ3n) is 2.97. The van der Waals surface area contributed by atoms with Gasteiger partial charge < -0.3 is 9.47 Å². The van der Waals surface area contributed by atoms with Crippen LogP contribution >= 0.6 is 11.6 Å². The van der Waals surface area contributed by atoms with Gasteiger partial charge in [-0.15, -0.1) is 5.10 Å². The third kappa shape index (κ3) is 3.74. The molecule has 1 heterocycles. The monoisotopic (exact) mass is 368 g/mol. The van der Waals surface area contributed by atoms with Crippen LogP contribution in [0.5, 0.6) is 0 Å². The molecule has 0 atom stereocenters. The summed E-state index contributed by atoms with van der Waals surface area (Å²) >= 11 is 5.78. The molecule has 1 aromatic heterocycles. The Morgan fingerprint density at radius 3 is 2.48 bits per heavy atom. The molecule has 1 aromatic carbocycles. The van der Waals surface area contributed by atoms with E-state index in [0.717, 1.165) is 10.7 Å². The minimum atomic E-state index is -0.917. The van der Waals surface area contributed by atoms with Crippen molar-refractivity contribution >= 4 is 29.2 Å². The topological polar surface area (TPSA) is 126 Å². The van der Waals surface area contributed by atoms with Crippen LogP contribution in [-0.4, -0.2) is 45.1 Å². The number of benzene rings is 1. The highest BCUT2D eigenvalue weighted by Gasteiger charge is 2.31. The maximum absolute atomic E-state index is 12.3. The molecular weight excluding hydrogens is 356 g/mol. The molecule has 11 heteroatoms. The van der Waals surface area contributed by atoms with Crippen molar-refractivity contribution in [2.75, 3.05) is 13.2 Å². The average molecular weight is 369 g/mol. The summed E-state index contributed by atoms with van der Waals surface area (Å²) in [5, 5.41) is 18.7. The SMILES string of the molecule is CCOC(=O)c1nnn(-c2ccc(Cl)cc2[N+](=O)[O-])c1C(=O)OCC. The van der Waals surface area contributed by atoms with E-state index in [-0.39, 0.29) is 29.6 Å². The maximum atomic E-state index is 12.3. The molecule has 0 N–H and O–H groups in total. The molecular formula is C14H13ClN4O6. The molecule has 10 nitrogen and oxygen atoms in total. The summed E-state index contributed by atoms with van der Waals surface area (Å²) in [4.78, 5) is 34.8. The molecule has 0 aliphatic rings. The highest BCUT2D eigenvalue weighted by molar-refractivity contribution is 6.30. The van der Waals surface area contributed by atoms with Crippen LogP contribution in [-0.2, 0) is 9.47 Å². The van der Waals surface area contributed by atoms with Crippen molar-refractivity contribution < 1.29 is 24.0 Å². The first-order chi connectivity index (χ1) is 11.9. The summed E-state index contributed by atoms with van der Waals surface area (Å²) in [6.07, 6.45) is 0. The van der Waals surface area contributed by atoms with Crippen LogP contribution in [0.3, 0.4) is 0 Å². The van der Waals surface area contributed by atoms with Crippen LogP contribution in [0.25, 0.3) is 5.69 Å². The van der Waals surface area contributed by atoms with Crippen molar-refractivity contribution in [1.29, 1.82) is 0 Å². The molecule has 0 aliphatic carbocycles. The van der Waals surface area contributed by atoms with E-state index < -0.39 is 28.2 Å². The Hall–Kier alpha value is -3.01. The molecule has 25 heavy (non-hydrogen) atoms. The van der Waals surface area contributed by atoms with Crippen LogP contribution < -0.4 is 0 Å². The number of nitro benzene ring substituents is 1. The number of aromatic nitrogens is 3. The zero-order valence-corrected chi connectivity index (χ0v) is 14.0. The molecule has 0 fully saturated rings. The molecule has 0 unspecified atom stereocenters. The molecule has 0 radical (unpaired) electrons. The first-order valence-corrected chi connectivity index (χ1v) is 7.52. The lowest BCUT2D eigenvalue weighted by molar-refractivity contribution is -0.384. The van der Waals surface area contributed by atoms with Crippen molar-refractivity contribution in [3.8, 4) is 5.69 Å². The third-order valence-corrected chi connectivity index (χ3v) is 3.21. The quantitative estimate of drug-likeness (QED) is 0.431. The molecule has 2 aromatic rings. The van der Waals surface area contributed by atoms with Gasteiger partial charge in [-0.1, -0.05) is 16.8 Å². The van der Waals surface area contributed by atoms with Gasteiger partial charge in [0.1, 0.15) is 5.69 Å². The summed E-state index contributed by atoms with van der Waals surface area (Å²) in [6, 6.07) is 3.76. The number of hydrogen-bond donors (Lipinski definition) is 0. The Balaban J connectivity index is 2.68. The van der Waals surface area contributed by atoms with E-state index in [4.69, 9.17) is 21.1 Å². The Labute approximate surface area is 146 Å². The minimum Gasteiger partial charge on any atom is -0.461 e. The summed E-state index contributed by atoms with van der Waals surface area (Å²) < 4.78 is 10.6. The average Bonchev–Trinajstić information content (AvgIpc) is 3.00. The van der Waals surface area contributed by atoms with Gasteiger partial charge in [-0.05, 0) is 26.0 Å². The summed E-state index contributed by atoms with van der Waals surface area (Å²) in [7, 11) is 0. The molecule has 132 valence electrons. The predicted molar refractivity (Wildman–Crippen MR) is 84.9 cm³/mol. The van der Waals surface area contributed by atoms with Crippen LogP contribution in [0, 0.1) is 10.1 Å².